The zero-order valence-corrected chi connectivity index (χ0v) is 8.61. The molecule has 1 rings (SSSR count). The molecule has 0 aliphatic heterocycles. The number of hydrogen-bond acceptors (Lipinski definition) is 5. The molecule has 0 saturated carbocycles. The number of rotatable bonds is 5. The van der Waals surface area contributed by atoms with Gasteiger partial charge in [0.05, 0.1) is 5.75 Å². The van der Waals surface area contributed by atoms with Crippen LogP contribution in [0.15, 0.2) is 29.2 Å². The number of carbonyl (C=O) groups excluding carboxylic acids is 1. The zero-order chi connectivity index (χ0) is 11.3. The predicted molar refractivity (Wildman–Crippen MR) is 57.2 cm³/mol. The highest BCUT2D eigenvalue weighted by molar-refractivity contribution is 8.00. The molecule has 0 spiro atoms. The molecule has 5 nitrogen and oxygen atoms in total. The Bertz CT molecular complexity index is 330. The molecule has 1 aromatic rings. The number of benzene rings is 1. The van der Waals surface area contributed by atoms with E-state index < -0.39 is 7.32 Å². The van der Waals surface area contributed by atoms with Crippen LogP contribution in [-0.2, 0) is 4.79 Å². The Morgan fingerprint density at radius 3 is 2.47 bits per heavy atom. The van der Waals surface area contributed by atoms with Crippen molar-refractivity contribution < 1.29 is 19.5 Å². The second-order valence-corrected chi connectivity index (χ2v) is 3.72. The fourth-order valence-corrected chi connectivity index (χ4v) is 1.53. The summed E-state index contributed by atoms with van der Waals surface area (Å²) in [5.41, 5.74) is 4.99. The normalized spacial score (nSPS) is 9.73. The van der Waals surface area contributed by atoms with E-state index in [1.54, 1.807) is 24.3 Å². The van der Waals surface area contributed by atoms with Crippen LogP contribution in [0.1, 0.15) is 0 Å². The lowest BCUT2D eigenvalue weighted by Gasteiger charge is -2.05. The van der Waals surface area contributed by atoms with Crippen molar-refractivity contribution in [2.24, 2.45) is 5.73 Å². The van der Waals surface area contributed by atoms with Gasteiger partial charge in [-0.25, -0.2) is 0 Å². The molecule has 0 fully saturated rings. The van der Waals surface area contributed by atoms with Gasteiger partial charge in [-0.15, -0.1) is 11.8 Å². The van der Waals surface area contributed by atoms with Crippen LogP contribution in [0.4, 0.5) is 0 Å². The first kappa shape index (κ1) is 11.9. The van der Waals surface area contributed by atoms with Crippen molar-refractivity contribution >= 4 is 25.0 Å². The van der Waals surface area contributed by atoms with Crippen molar-refractivity contribution in [1.29, 1.82) is 0 Å². The largest absolute Gasteiger partial charge is 0.707 e. The van der Waals surface area contributed by atoms with Crippen LogP contribution in [-0.4, -0.2) is 29.0 Å². The average molecular weight is 227 g/mol. The van der Waals surface area contributed by atoms with Crippen molar-refractivity contribution in [3.8, 4) is 5.75 Å². The highest BCUT2D eigenvalue weighted by atomic mass is 32.2. The maximum absolute atomic E-state index is 10.5. The molecule has 7 heteroatoms. The molecule has 0 saturated heterocycles. The Balaban J connectivity index is 2.52. The minimum Gasteiger partial charge on any atom is -0.512 e. The fourth-order valence-electron chi connectivity index (χ4n) is 0.891. The third-order valence-electron chi connectivity index (χ3n) is 1.45. The first-order valence-corrected chi connectivity index (χ1v) is 5.10. The molecule has 0 aliphatic rings. The Hall–Kier alpha value is -1.18. The van der Waals surface area contributed by atoms with E-state index in [1.807, 2.05) is 0 Å². The van der Waals surface area contributed by atoms with Gasteiger partial charge in [0, 0.05) is 4.90 Å². The molecule has 4 N–H and O–H groups in total. The summed E-state index contributed by atoms with van der Waals surface area (Å²) in [6.45, 7) is 0. The van der Waals surface area contributed by atoms with Crippen molar-refractivity contribution in [2.45, 2.75) is 4.90 Å². The van der Waals surface area contributed by atoms with Crippen LogP contribution in [0.5, 0.6) is 5.75 Å². The highest BCUT2D eigenvalue weighted by Gasteiger charge is 2.10. The number of hydrogen-bond donors (Lipinski definition) is 3. The molecule has 0 radical (unpaired) electrons. The highest BCUT2D eigenvalue weighted by Crippen LogP contribution is 2.21. The Labute approximate surface area is 91.4 Å². The van der Waals surface area contributed by atoms with Crippen LogP contribution in [0.3, 0.4) is 0 Å². The van der Waals surface area contributed by atoms with Gasteiger partial charge in [0.15, 0.2) is 0 Å². The summed E-state index contributed by atoms with van der Waals surface area (Å²) in [5.74, 6) is 0.169. The Kier molecular flexibility index (Phi) is 4.48. The number of nitrogens with two attached hydrogens (primary N) is 1. The van der Waals surface area contributed by atoms with Gasteiger partial charge in [-0.05, 0) is 24.3 Å². The maximum atomic E-state index is 10.5. The number of amides is 1. The summed E-state index contributed by atoms with van der Waals surface area (Å²) in [4.78, 5) is 11.4. The summed E-state index contributed by atoms with van der Waals surface area (Å²) >= 11 is 1.30. The average Bonchev–Trinajstić information content (AvgIpc) is 2.16. The van der Waals surface area contributed by atoms with Crippen LogP contribution < -0.4 is 10.4 Å². The quantitative estimate of drug-likeness (QED) is 0.470. The summed E-state index contributed by atoms with van der Waals surface area (Å²) in [6.07, 6.45) is 0. The summed E-state index contributed by atoms with van der Waals surface area (Å²) < 4.78 is 4.60. The van der Waals surface area contributed by atoms with E-state index in [0.717, 1.165) is 4.90 Å². The molecule has 80 valence electrons. The Morgan fingerprint density at radius 1 is 1.40 bits per heavy atom. The first-order valence-electron chi connectivity index (χ1n) is 4.12. The van der Waals surface area contributed by atoms with Crippen LogP contribution in [0.25, 0.3) is 0 Å². The monoisotopic (exact) mass is 227 g/mol. The van der Waals surface area contributed by atoms with Crippen molar-refractivity contribution in [3.05, 3.63) is 24.3 Å². The molecule has 0 atom stereocenters. The standard InChI is InChI=1S/C8H10BNO4S/c10-8(11)5-15-7-3-1-6(2-4-7)14-9(12)13/h1-4,12-13H,5H2,(H2,10,11). The topological polar surface area (TPSA) is 92.8 Å². The molecule has 15 heavy (non-hydrogen) atoms. The predicted octanol–water partition coefficient (Wildman–Crippen LogP) is -0.388. The molecule has 0 aliphatic carbocycles. The van der Waals surface area contributed by atoms with Gasteiger partial charge in [-0.1, -0.05) is 0 Å². The van der Waals surface area contributed by atoms with Crippen molar-refractivity contribution in [3.63, 3.8) is 0 Å². The lowest BCUT2D eigenvalue weighted by atomic mass is 10.2. The molecule has 0 heterocycles. The van der Waals surface area contributed by atoms with E-state index >= 15 is 0 Å². The molecular weight excluding hydrogens is 217 g/mol. The second-order valence-electron chi connectivity index (χ2n) is 2.67. The SMILES string of the molecule is NC(=O)CSc1ccc(OB(O)O)cc1. The van der Waals surface area contributed by atoms with Gasteiger partial charge in [0.1, 0.15) is 5.75 Å². The van der Waals surface area contributed by atoms with Crippen LogP contribution in [0.2, 0.25) is 0 Å². The lowest BCUT2D eigenvalue weighted by Crippen LogP contribution is -2.20. The lowest BCUT2D eigenvalue weighted by molar-refractivity contribution is -0.115. The summed E-state index contributed by atoms with van der Waals surface area (Å²) in [7, 11) is -1.82. The van der Waals surface area contributed by atoms with Crippen molar-refractivity contribution in [1.82, 2.24) is 0 Å². The minimum absolute atomic E-state index is 0.211. The maximum Gasteiger partial charge on any atom is 0.707 e. The van der Waals surface area contributed by atoms with Crippen molar-refractivity contribution in [2.75, 3.05) is 5.75 Å². The van der Waals surface area contributed by atoms with E-state index in [4.69, 9.17) is 15.8 Å². The van der Waals surface area contributed by atoms with E-state index in [9.17, 15) is 4.79 Å². The smallest absolute Gasteiger partial charge is 0.512 e. The van der Waals surface area contributed by atoms with Gasteiger partial charge in [0.25, 0.3) is 0 Å². The molecular formula is C8H10BNO4S. The molecule has 0 bridgehead atoms. The molecule has 0 aromatic heterocycles. The number of primary amides is 1. The second kappa shape index (κ2) is 5.64. The van der Waals surface area contributed by atoms with E-state index in [-0.39, 0.29) is 11.7 Å². The summed E-state index contributed by atoms with van der Waals surface area (Å²) in [5, 5.41) is 17.0. The third kappa shape index (κ3) is 4.73. The fraction of sp³-hybridized carbons (Fsp3) is 0.125. The molecule has 0 unspecified atom stereocenters. The van der Waals surface area contributed by atoms with Crippen LogP contribution >= 0.6 is 11.8 Å². The molecule has 1 amide bonds. The Morgan fingerprint density at radius 2 is 2.00 bits per heavy atom. The minimum atomic E-state index is -1.82. The van der Waals surface area contributed by atoms with Gasteiger partial charge >= 0.3 is 7.32 Å². The van der Waals surface area contributed by atoms with Gasteiger partial charge in [-0.2, -0.15) is 0 Å². The number of thioether (sulfide) groups is 1. The van der Waals surface area contributed by atoms with E-state index in [2.05, 4.69) is 4.65 Å². The van der Waals surface area contributed by atoms with Crippen LogP contribution in [0, 0.1) is 0 Å². The number of carbonyl (C=O) groups is 1. The molecule has 1 aromatic carbocycles. The third-order valence-corrected chi connectivity index (χ3v) is 2.48. The van der Waals surface area contributed by atoms with Gasteiger partial charge in [0.2, 0.25) is 5.91 Å². The first-order chi connectivity index (χ1) is 7.08. The summed E-state index contributed by atoms with van der Waals surface area (Å²) in [6, 6.07) is 6.54. The van der Waals surface area contributed by atoms with E-state index in [1.165, 1.54) is 11.8 Å². The van der Waals surface area contributed by atoms with Gasteiger partial charge in [-0.3, -0.25) is 4.79 Å². The van der Waals surface area contributed by atoms with E-state index in [0.29, 0.717) is 5.75 Å². The zero-order valence-electron chi connectivity index (χ0n) is 7.79. The van der Waals surface area contributed by atoms with Gasteiger partial charge < -0.3 is 20.4 Å².